The number of aliphatic hydroxyl groups is 2. The molecule has 4 heteroatoms. The molecule has 0 heterocycles. The molecule has 15 heavy (non-hydrogen) atoms. The van der Waals surface area contributed by atoms with Crippen molar-refractivity contribution in [2.45, 2.75) is 26.2 Å². The topological polar surface area (TPSA) is 58.9 Å². The standard InChI is InChI=1S/C11H24O4/c1-3-4-11(9-12,10-13)5-6-15-8-7-14-2/h12-13H,3-10H2,1-2H3. The zero-order chi connectivity index (χ0) is 11.6. The summed E-state index contributed by atoms with van der Waals surface area (Å²) < 4.78 is 10.2. The van der Waals surface area contributed by atoms with E-state index in [1.165, 1.54) is 0 Å². The van der Waals surface area contributed by atoms with E-state index in [9.17, 15) is 10.2 Å². The van der Waals surface area contributed by atoms with Crippen molar-refractivity contribution < 1.29 is 19.7 Å². The van der Waals surface area contributed by atoms with E-state index in [-0.39, 0.29) is 18.6 Å². The summed E-state index contributed by atoms with van der Waals surface area (Å²) in [5.41, 5.74) is -0.373. The summed E-state index contributed by atoms with van der Waals surface area (Å²) in [4.78, 5) is 0. The predicted octanol–water partition coefficient (Wildman–Crippen LogP) is 0.811. The van der Waals surface area contributed by atoms with Gasteiger partial charge in [0.1, 0.15) is 0 Å². The average molecular weight is 220 g/mol. The normalized spacial score (nSPS) is 12.0. The molecular weight excluding hydrogens is 196 g/mol. The second-order valence-electron chi connectivity index (χ2n) is 3.92. The first-order valence-electron chi connectivity index (χ1n) is 5.53. The minimum absolute atomic E-state index is 0.0188. The molecule has 0 rings (SSSR count). The summed E-state index contributed by atoms with van der Waals surface area (Å²) in [7, 11) is 1.63. The molecule has 2 N–H and O–H groups in total. The summed E-state index contributed by atoms with van der Waals surface area (Å²) in [6, 6.07) is 0. The third-order valence-corrected chi connectivity index (χ3v) is 2.66. The van der Waals surface area contributed by atoms with Crippen molar-refractivity contribution in [2.24, 2.45) is 5.41 Å². The minimum Gasteiger partial charge on any atom is -0.396 e. The average Bonchev–Trinajstić information content (AvgIpc) is 2.27. The van der Waals surface area contributed by atoms with E-state index in [1.54, 1.807) is 7.11 Å². The van der Waals surface area contributed by atoms with Crippen LogP contribution in [-0.4, -0.2) is 50.4 Å². The van der Waals surface area contributed by atoms with Crippen LogP contribution in [0.15, 0.2) is 0 Å². The van der Waals surface area contributed by atoms with Crippen LogP contribution in [0.3, 0.4) is 0 Å². The lowest BCUT2D eigenvalue weighted by Gasteiger charge is -2.29. The van der Waals surface area contributed by atoms with Crippen LogP contribution in [0.4, 0.5) is 0 Å². The maximum atomic E-state index is 9.27. The quantitative estimate of drug-likeness (QED) is 0.535. The van der Waals surface area contributed by atoms with Gasteiger partial charge in [0, 0.05) is 19.1 Å². The molecule has 0 unspecified atom stereocenters. The predicted molar refractivity (Wildman–Crippen MR) is 58.8 cm³/mol. The highest BCUT2D eigenvalue weighted by atomic mass is 16.5. The van der Waals surface area contributed by atoms with Gasteiger partial charge in [-0.2, -0.15) is 0 Å². The number of hydrogen-bond donors (Lipinski definition) is 2. The Morgan fingerprint density at radius 3 is 2.13 bits per heavy atom. The van der Waals surface area contributed by atoms with E-state index < -0.39 is 0 Å². The lowest BCUT2D eigenvalue weighted by Crippen LogP contribution is -2.31. The van der Waals surface area contributed by atoms with Gasteiger partial charge in [-0.15, -0.1) is 0 Å². The number of aliphatic hydroxyl groups excluding tert-OH is 2. The Labute approximate surface area is 92.2 Å². The summed E-state index contributed by atoms with van der Waals surface area (Å²) >= 11 is 0. The Balaban J connectivity index is 3.74. The van der Waals surface area contributed by atoms with Gasteiger partial charge in [0.15, 0.2) is 0 Å². The monoisotopic (exact) mass is 220 g/mol. The highest BCUT2D eigenvalue weighted by molar-refractivity contribution is 4.77. The molecule has 0 atom stereocenters. The van der Waals surface area contributed by atoms with Gasteiger partial charge in [0.2, 0.25) is 0 Å². The maximum Gasteiger partial charge on any atom is 0.0700 e. The van der Waals surface area contributed by atoms with Crippen LogP contribution in [0.2, 0.25) is 0 Å². The molecule has 0 aromatic rings. The fourth-order valence-electron chi connectivity index (χ4n) is 1.55. The molecule has 0 aromatic carbocycles. The lowest BCUT2D eigenvalue weighted by atomic mass is 9.82. The zero-order valence-electron chi connectivity index (χ0n) is 9.87. The van der Waals surface area contributed by atoms with Gasteiger partial charge in [-0.05, 0) is 12.8 Å². The van der Waals surface area contributed by atoms with Gasteiger partial charge < -0.3 is 19.7 Å². The maximum absolute atomic E-state index is 9.27. The van der Waals surface area contributed by atoms with Crippen LogP contribution < -0.4 is 0 Å². The molecule has 92 valence electrons. The smallest absolute Gasteiger partial charge is 0.0700 e. The molecule has 0 aliphatic carbocycles. The molecule has 0 aromatic heterocycles. The van der Waals surface area contributed by atoms with E-state index in [2.05, 4.69) is 0 Å². The Morgan fingerprint density at radius 2 is 1.67 bits per heavy atom. The first-order valence-corrected chi connectivity index (χ1v) is 5.53. The number of ether oxygens (including phenoxy) is 2. The van der Waals surface area contributed by atoms with Crippen LogP contribution in [0.5, 0.6) is 0 Å². The van der Waals surface area contributed by atoms with Gasteiger partial charge in [0.25, 0.3) is 0 Å². The van der Waals surface area contributed by atoms with Crippen molar-refractivity contribution in [3.63, 3.8) is 0 Å². The van der Waals surface area contributed by atoms with Crippen molar-refractivity contribution in [1.82, 2.24) is 0 Å². The summed E-state index contributed by atoms with van der Waals surface area (Å²) in [6.07, 6.45) is 2.48. The Morgan fingerprint density at radius 1 is 1.00 bits per heavy atom. The molecule has 0 fully saturated rings. The zero-order valence-corrected chi connectivity index (χ0v) is 9.87. The van der Waals surface area contributed by atoms with Gasteiger partial charge in [-0.3, -0.25) is 0 Å². The number of methoxy groups -OCH3 is 1. The Bertz CT molecular complexity index is 135. The first-order chi connectivity index (χ1) is 7.24. The molecular formula is C11H24O4. The second-order valence-corrected chi connectivity index (χ2v) is 3.92. The van der Waals surface area contributed by atoms with Crippen LogP contribution in [0.25, 0.3) is 0 Å². The Kier molecular flexibility index (Phi) is 9.00. The highest BCUT2D eigenvalue weighted by Gasteiger charge is 2.27. The largest absolute Gasteiger partial charge is 0.396 e. The van der Waals surface area contributed by atoms with Crippen LogP contribution in [-0.2, 0) is 9.47 Å². The molecule has 0 radical (unpaired) electrons. The van der Waals surface area contributed by atoms with Crippen LogP contribution in [0.1, 0.15) is 26.2 Å². The van der Waals surface area contributed by atoms with Gasteiger partial charge in [-0.1, -0.05) is 13.3 Å². The third-order valence-electron chi connectivity index (χ3n) is 2.66. The van der Waals surface area contributed by atoms with Crippen molar-refractivity contribution in [3.8, 4) is 0 Å². The second kappa shape index (κ2) is 9.09. The first kappa shape index (κ1) is 14.8. The van der Waals surface area contributed by atoms with Crippen molar-refractivity contribution in [2.75, 3.05) is 40.1 Å². The van der Waals surface area contributed by atoms with Gasteiger partial charge >= 0.3 is 0 Å². The fraction of sp³-hybridized carbons (Fsp3) is 1.00. The summed E-state index contributed by atoms with van der Waals surface area (Å²) in [6.45, 7) is 3.79. The van der Waals surface area contributed by atoms with E-state index in [0.29, 0.717) is 26.2 Å². The molecule has 0 saturated carbocycles. The molecule has 0 aliphatic heterocycles. The van der Waals surface area contributed by atoms with E-state index >= 15 is 0 Å². The number of hydrogen-bond acceptors (Lipinski definition) is 4. The van der Waals surface area contributed by atoms with E-state index in [4.69, 9.17) is 9.47 Å². The fourth-order valence-corrected chi connectivity index (χ4v) is 1.55. The van der Waals surface area contributed by atoms with E-state index in [1.807, 2.05) is 6.92 Å². The van der Waals surface area contributed by atoms with Crippen molar-refractivity contribution in [1.29, 1.82) is 0 Å². The Hall–Kier alpha value is -0.160. The summed E-state index contributed by atoms with van der Waals surface area (Å²) in [5.74, 6) is 0. The SMILES string of the molecule is CCCC(CO)(CO)CCOCCOC. The number of rotatable bonds is 10. The molecule has 0 spiro atoms. The highest BCUT2D eigenvalue weighted by Crippen LogP contribution is 2.26. The molecule has 0 aliphatic rings. The molecule has 0 saturated heterocycles. The minimum atomic E-state index is -0.373. The van der Waals surface area contributed by atoms with E-state index in [0.717, 1.165) is 12.8 Å². The third kappa shape index (κ3) is 6.10. The molecule has 4 nitrogen and oxygen atoms in total. The molecule has 0 amide bonds. The van der Waals surface area contributed by atoms with Crippen LogP contribution >= 0.6 is 0 Å². The summed E-state index contributed by atoms with van der Waals surface area (Å²) in [5, 5.41) is 18.5. The van der Waals surface area contributed by atoms with Crippen molar-refractivity contribution >= 4 is 0 Å². The molecule has 0 bridgehead atoms. The van der Waals surface area contributed by atoms with Gasteiger partial charge in [0.05, 0.1) is 26.4 Å². The van der Waals surface area contributed by atoms with Gasteiger partial charge in [-0.25, -0.2) is 0 Å². The van der Waals surface area contributed by atoms with Crippen molar-refractivity contribution in [3.05, 3.63) is 0 Å². The van der Waals surface area contributed by atoms with Crippen LogP contribution in [0, 0.1) is 5.41 Å². The lowest BCUT2D eigenvalue weighted by molar-refractivity contribution is 0.000718.